The van der Waals surface area contributed by atoms with Crippen LogP contribution >= 0.6 is 0 Å². The number of hydrogen-bond donors (Lipinski definition) is 1. The van der Waals surface area contributed by atoms with E-state index in [1.807, 2.05) is 6.92 Å². The summed E-state index contributed by atoms with van der Waals surface area (Å²) in [4.78, 5) is 9.89. The maximum absolute atomic E-state index is 10.6. The van der Waals surface area contributed by atoms with Crippen molar-refractivity contribution in [3.05, 3.63) is 0 Å². The molecule has 54 valence electrons. The van der Waals surface area contributed by atoms with Gasteiger partial charge in [0.25, 0.3) is 0 Å². The van der Waals surface area contributed by atoms with Gasteiger partial charge in [0.2, 0.25) is 0 Å². The molecule has 1 atom stereocenters. The average molecular weight is 150 g/mol. The van der Waals surface area contributed by atoms with Gasteiger partial charge in [0.15, 0.2) is 0 Å². The first-order valence-electron chi connectivity index (χ1n) is 2.73. The zero-order valence-corrected chi connectivity index (χ0v) is 6.11. The van der Waals surface area contributed by atoms with Gasteiger partial charge in [-0.05, 0) is 6.42 Å². The van der Waals surface area contributed by atoms with Crippen molar-refractivity contribution in [3.63, 3.8) is 0 Å². The van der Waals surface area contributed by atoms with Gasteiger partial charge < -0.3 is 5.11 Å². The Labute approximate surface area is 56.5 Å². The highest BCUT2D eigenvalue weighted by molar-refractivity contribution is 7.85. The lowest BCUT2D eigenvalue weighted by Crippen LogP contribution is -2.11. The van der Waals surface area contributed by atoms with E-state index in [4.69, 9.17) is 5.11 Å². The van der Waals surface area contributed by atoms with E-state index in [2.05, 4.69) is 0 Å². The number of hydrogen-bond acceptors (Lipinski definition) is 2. The second-order valence-corrected chi connectivity index (χ2v) is 3.26. The van der Waals surface area contributed by atoms with Gasteiger partial charge in [-0.1, -0.05) is 6.92 Å². The summed E-state index contributed by atoms with van der Waals surface area (Å²) in [5.41, 5.74) is 0. The highest BCUT2D eigenvalue weighted by Crippen LogP contribution is 1.85. The second-order valence-electron chi connectivity index (χ2n) is 1.68. The van der Waals surface area contributed by atoms with Crippen molar-refractivity contribution in [2.45, 2.75) is 13.3 Å². The van der Waals surface area contributed by atoms with E-state index in [1.165, 1.54) is 0 Å². The summed E-state index contributed by atoms with van der Waals surface area (Å²) in [6.45, 7) is 1.87. The molecule has 0 aliphatic rings. The molecule has 0 heterocycles. The van der Waals surface area contributed by atoms with Gasteiger partial charge in [-0.2, -0.15) is 0 Å². The lowest BCUT2D eigenvalue weighted by molar-refractivity contribution is -0.133. The van der Waals surface area contributed by atoms with E-state index in [-0.39, 0.29) is 5.75 Å². The Bertz CT molecular complexity index is 121. The van der Waals surface area contributed by atoms with E-state index < -0.39 is 16.8 Å². The molecule has 0 aliphatic carbocycles. The first-order valence-corrected chi connectivity index (χ1v) is 4.22. The lowest BCUT2D eigenvalue weighted by atomic mass is 10.6. The minimum atomic E-state index is -1.15. The summed E-state index contributed by atoms with van der Waals surface area (Å²) >= 11 is 0. The molecule has 3 nitrogen and oxygen atoms in total. The van der Waals surface area contributed by atoms with Crippen LogP contribution in [0.25, 0.3) is 0 Å². The number of aliphatic carboxylic acids is 1. The Morgan fingerprint density at radius 3 is 2.56 bits per heavy atom. The van der Waals surface area contributed by atoms with E-state index in [1.54, 1.807) is 0 Å². The molecule has 9 heavy (non-hydrogen) atoms. The molecule has 0 spiro atoms. The molecule has 4 heteroatoms. The van der Waals surface area contributed by atoms with Crippen molar-refractivity contribution >= 4 is 16.8 Å². The summed E-state index contributed by atoms with van der Waals surface area (Å²) in [5.74, 6) is -0.707. The summed E-state index contributed by atoms with van der Waals surface area (Å²) in [5, 5.41) is 8.12. The first-order chi connectivity index (χ1) is 4.16. The fourth-order valence-corrected chi connectivity index (χ4v) is 1.31. The third-order valence-electron chi connectivity index (χ3n) is 0.716. The second kappa shape index (κ2) is 4.49. The molecule has 1 N–H and O–H groups in total. The van der Waals surface area contributed by atoms with Crippen molar-refractivity contribution in [2.24, 2.45) is 0 Å². The first kappa shape index (κ1) is 8.62. The van der Waals surface area contributed by atoms with E-state index in [0.29, 0.717) is 5.75 Å². The van der Waals surface area contributed by atoms with Crippen LogP contribution in [0.4, 0.5) is 0 Å². The molecular weight excluding hydrogens is 140 g/mol. The van der Waals surface area contributed by atoms with Crippen molar-refractivity contribution in [2.75, 3.05) is 11.5 Å². The normalized spacial score (nSPS) is 13.0. The van der Waals surface area contributed by atoms with Crippen LogP contribution in [0, 0.1) is 0 Å². The molecule has 0 aliphatic heterocycles. The van der Waals surface area contributed by atoms with Crippen molar-refractivity contribution < 1.29 is 14.1 Å². The maximum atomic E-state index is 10.6. The van der Waals surface area contributed by atoms with Crippen LogP contribution in [0.5, 0.6) is 0 Å². The summed E-state index contributed by atoms with van der Waals surface area (Å²) in [7, 11) is -1.15. The van der Waals surface area contributed by atoms with E-state index >= 15 is 0 Å². The molecule has 0 saturated carbocycles. The maximum Gasteiger partial charge on any atom is 0.316 e. The van der Waals surface area contributed by atoms with Crippen LogP contribution in [-0.4, -0.2) is 26.8 Å². The third-order valence-corrected chi connectivity index (χ3v) is 2.15. The monoisotopic (exact) mass is 150 g/mol. The molecule has 0 rings (SSSR count). The van der Waals surface area contributed by atoms with Crippen LogP contribution in [-0.2, 0) is 15.6 Å². The van der Waals surface area contributed by atoms with Gasteiger partial charge in [-0.3, -0.25) is 9.00 Å². The van der Waals surface area contributed by atoms with Gasteiger partial charge in [-0.15, -0.1) is 0 Å². The molecule has 0 unspecified atom stereocenters. The Morgan fingerprint density at radius 1 is 1.67 bits per heavy atom. The number of carbonyl (C=O) groups is 1. The minimum absolute atomic E-state index is 0.214. The van der Waals surface area contributed by atoms with Gasteiger partial charge >= 0.3 is 5.97 Å². The molecule has 0 saturated heterocycles. The average Bonchev–Trinajstić information content (AvgIpc) is 1.63. The fraction of sp³-hybridized carbons (Fsp3) is 0.800. The summed E-state index contributed by atoms with van der Waals surface area (Å²) < 4.78 is 10.6. The topological polar surface area (TPSA) is 54.4 Å². The number of rotatable bonds is 4. The Morgan fingerprint density at radius 2 is 2.22 bits per heavy atom. The predicted molar refractivity (Wildman–Crippen MR) is 35.8 cm³/mol. The van der Waals surface area contributed by atoms with Crippen LogP contribution in [0.15, 0.2) is 0 Å². The molecule has 0 fully saturated rings. The quantitative estimate of drug-likeness (QED) is 0.624. The zero-order valence-electron chi connectivity index (χ0n) is 5.29. The molecule has 0 aromatic heterocycles. The summed E-state index contributed by atoms with van der Waals surface area (Å²) in [6.07, 6.45) is 0.778. The number of carboxylic acids is 1. The zero-order chi connectivity index (χ0) is 7.28. The third kappa shape index (κ3) is 5.49. The van der Waals surface area contributed by atoms with Gasteiger partial charge in [0.1, 0.15) is 5.75 Å². The van der Waals surface area contributed by atoms with Crippen LogP contribution in [0.3, 0.4) is 0 Å². The molecule has 0 aromatic rings. The van der Waals surface area contributed by atoms with Crippen molar-refractivity contribution in [1.82, 2.24) is 0 Å². The SMILES string of the molecule is CCC[S@](=O)CC(=O)O. The lowest BCUT2D eigenvalue weighted by Gasteiger charge is -1.92. The van der Waals surface area contributed by atoms with Crippen molar-refractivity contribution in [1.29, 1.82) is 0 Å². The smallest absolute Gasteiger partial charge is 0.316 e. The highest BCUT2D eigenvalue weighted by Gasteiger charge is 2.02. The van der Waals surface area contributed by atoms with Gasteiger partial charge in [0, 0.05) is 16.6 Å². The molecular formula is C5H10O3S. The molecule has 0 aromatic carbocycles. The van der Waals surface area contributed by atoms with Crippen LogP contribution in [0.2, 0.25) is 0 Å². The molecule has 0 radical (unpaired) electrons. The van der Waals surface area contributed by atoms with Crippen molar-refractivity contribution in [3.8, 4) is 0 Å². The van der Waals surface area contributed by atoms with Crippen LogP contribution < -0.4 is 0 Å². The van der Waals surface area contributed by atoms with Gasteiger partial charge in [-0.25, -0.2) is 0 Å². The Balaban J connectivity index is 3.39. The number of carboxylic acid groups (broad SMARTS) is 1. The van der Waals surface area contributed by atoms with Gasteiger partial charge in [0.05, 0.1) is 0 Å². The highest BCUT2D eigenvalue weighted by atomic mass is 32.2. The minimum Gasteiger partial charge on any atom is -0.481 e. The summed E-state index contributed by atoms with van der Waals surface area (Å²) in [6, 6.07) is 0. The van der Waals surface area contributed by atoms with Crippen LogP contribution in [0.1, 0.15) is 13.3 Å². The molecule has 0 amide bonds. The fourth-order valence-electron chi connectivity index (χ4n) is 0.438. The van der Waals surface area contributed by atoms with E-state index in [9.17, 15) is 9.00 Å². The largest absolute Gasteiger partial charge is 0.481 e. The Hall–Kier alpha value is -0.380. The predicted octanol–water partition coefficient (Wildman–Crippen LogP) is 0.230. The molecule has 0 bridgehead atoms. The van der Waals surface area contributed by atoms with E-state index in [0.717, 1.165) is 6.42 Å². The standard InChI is InChI=1S/C5H10O3S/c1-2-3-9(8)4-5(6)7/h2-4H2,1H3,(H,6,7)/t9-/m0/s1. The Kier molecular flexibility index (Phi) is 4.30.